The Morgan fingerprint density at radius 3 is 1.19 bits per heavy atom. The quantitative estimate of drug-likeness (QED) is 0.445. The summed E-state index contributed by atoms with van der Waals surface area (Å²) in [5.74, 6) is 2.37. The summed E-state index contributed by atoms with van der Waals surface area (Å²) in [6.45, 7) is 13.3. The first-order chi connectivity index (χ1) is 16.9. The van der Waals surface area contributed by atoms with Crippen molar-refractivity contribution in [3.8, 4) is 11.5 Å². The number of benzene rings is 2. The lowest BCUT2D eigenvalue weighted by molar-refractivity contribution is 0.393. The first-order valence-electron chi connectivity index (χ1n) is 14.5. The Bertz CT molecular complexity index is 869. The van der Waals surface area contributed by atoms with Crippen LogP contribution in [0.25, 0.3) is 0 Å². The van der Waals surface area contributed by atoms with Gasteiger partial charge in [0.05, 0.1) is 0 Å². The van der Waals surface area contributed by atoms with Crippen LogP contribution in [-0.4, -0.2) is 10.2 Å². The lowest BCUT2D eigenvalue weighted by atomic mass is 9.81. The molecule has 0 unspecified atom stereocenters. The molecule has 2 aliphatic carbocycles. The normalized spacial score (nSPS) is 17.9. The van der Waals surface area contributed by atoms with Gasteiger partial charge in [-0.25, -0.2) is 0 Å². The average Bonchev–Trinajstić information content (AvgIpc) is 2.82. The van der Waals surface area contributed by atoms with Crippen LogP contribution in [0.3, 0.4) is 0 Å². The largest absolute Gasteiger partial charge is 0.508 e. The highest BCUT2D eigenvalue weighted by Crippen LogP contribution is 2.37. The number of aromatic hydroxyl groups is 2. The van der Waals surface area contributed by atoms with E-state index in [1.54, 1.807) is 0 Å². The van der Waals surface area contributed by atoms with Crippen molar-refractivity contribution in [2.75, 3.05) is 0 Å². The molecule has 0 aromatic heterocycles. The highest BCUT2D eigenvalue weighted by atomic mass is 16.3. The molecule has 2 fully saturated rings. The predicted molar refractivity (Wildman–Crippen MR) is 154 cm³/mol. The fraction of sp³-hybridized carbons (Fsp3) is 0.647. The van der Waals surface area contributed by atoms with E-state index in [9.17, 15) is 10.2 Å². The van der Waals surface area contributed by atoms with Gasteiger partial charge in [-0.2, -0.15) is 0 Å². The minimum absolute atomic E-state index is 0.225. The molecule has 2 nitrogen and oxygen atoms in total. The van der Waals surface area contributed by atoms with Gasteiger partial charge in [-0.1, -0.05) is 104 Å². The third-order valence-corrected chi connectivity index (χ3v) is 7.80. The van der Waals surface area contributed by atoms with Crippen molar-refractivity contribution in [3.05, 3.63) is 58.7 Å². The summed E-state index contributed by atoms with van der Waals surface area (Å²) in [5.41, 5.74) is 5.56. The molecule has 2 aromatic rings. The van der Waals surface area contributed by atoms with E-state index < -0.39 is 0 Å². The fourth-order valence-electron chi connectivity index (χ4n) is 6.02. The molecule has 2 heteroatoms. The van der Waals surface area contributed by atoms with Crippen molar-refractivity contribution < 1.29 is 10.2 Å². The van der Waals surface area contributed by atoms with E-state index in [-0.39, 0.29) is 10.8 Å². The Morgan fingerprint density at radius 1 is 0.556 bits per heavy atom. The van der Waals surface area contributed by atoms with Crippen LogP contribution in [0.5, 0.6) is 11.5 Å². The summed E-state index contributed by atoms with van der Waals surface area (Å²) in [7, 11) is 0. The van der Waals surface area contributed by atoms with Gasteiger partial charge in [0.2, 0.25) is 0 Å². The van der Waals surface area contributed by atoms with Crippen LogP contribution in [0.2, 0.25) is 0 Å². The highest BCUT2D eigenvalue weighted by molar-refractivity contribution is 5.39. The first kappa shape index (κ1) is 28.6. The van der Waals surface area contributed by atoms with Crippen LogP contribution in [0.15, 0.2) is 36.4 Å². The van der Waals surface area contributed by atoms with E-state index in [2.05, 4.69) is 65.8 Å². The lowest BCUT2D eigenvalue weighted by Gasteiger charge is -2.24. The third-order valence-electron chi connectivity index (χ3n) is 7.80. The molecule has 36 heavy (non-hydrogen) atoms. The SMILES string of the molecule is CC(C)(C)Cc1cc(C2CCCCC2)ccc1O.CC(C)(C)Cc1cc(C2CCCCC2)ccc1O. The van der Waals surface area contributed by atoms with Crippen molar-refractivity contribution in [1.82, 2.24) is 0 Å². The van der Waals surface area contributed by atoms with Gasteiger partial charge in [-0.3, -0.25) is 0 Å². The standard InChI is InChI=1S/2C17H26O/c2*1-17(2,3)12-15-11-14(9-10-16(15)18)13-7-5-4-6-8-13/h2*9-11,13,18H,4-8,12H2,1-3H3. The molecule has 0 spiro atoms. The summed E-state index contributed by atoms with van der Waals surface area (Å²) >= 11 is 0. The number of phenolic OH excluding ortho intramolecular Hbond substituents is 2. The minimum Gasteiger partial charge on any atom is -0.508 e. The van der Waals surface area contributed by atoms with E-state index in [0.717, 1.165) is 35.8 Å². The van der Waals surface area contributed by atoms with Crippen molar-refractivity contribution in [1.29, 1.82) is 0 Å². The Balaban J connectivity index is 0.000000201. The Labute approximate surface area is 221 Å². The van der Waals surface area contributed by atoms with E-state index in [1.165, 1.54) is 75.3 Å². The number of hydrogen-bond acceptors (Lipinski definition) is 2. The second-order valence-corrected chi connectivity index (χ2v) is 13.9. The first-order valence-corrected chi connectivity index (χ1v) is 14.5. The summed E-state index contributed by atoms with van der Waals surface area (Å²) in [6.07, 6.45) is 15.4. The topological polar surface area (TPSA) is 40.5 Å². The van der Waals surface area contributed by atoms with Gasteiger partial charge in [0.15, 0.2) is 0 Å². The van der Waals surface area contributed by atoms with Gasteiger partial charge >= 0.3 is 0 Å². The van der Waals surface area contributed by atoms with E-state index in [4.69, 9.17) is 0 Å². The van der Waals surface area contributed by atoms with Gasteiger partial charge in [-0.15, -0.1) is 0 Å². The van der Waals surface area contributed by atoms with Crippen LogP contribution in [0, 0.1) is 10.8 Å². The molecule has 0 bridgehead atoms. The maximum absolute atomic E-state index is 10.00. The third kappa shape index (κ3) is 9.16. The van der Waals surface area contributed by atoms with E-state index in [1.807, 2.05) is 12.1 Å². The molecule has 0 heterocycles. The zero-order chi connectivity index (χ0) is 26.3. The van der Waals surface area contributed by atoms with Crippen LogP contribution in [0.4, 0.5) is 0 Å². The summed E-state index contributed by atoms with van der Waals surface area (Å²) in [5, 5.41) is 20.0. The molecule has 0 saturated heterocycles. The Morgan fingerprint density at radius 2 is 0.889 bits per heavy atom. The molecular formula is C34H52O2. The molecule has 2 aromatic carbocycles. The minimum atomic E-state index is 0.225. The smallest absolute Gasteiger partial charge is 0.118 e. The molecular weight excluding hydrogens is 440 g/mol. The van der Waals surface area contributed by atoms with Gasteiger partial charge in [0, 0.05) is 0 Å². The maximum Gasteiger partial charge on any atom is 0.118 e. The number of phenols is 2. The second-order valence-electron chi connectivity index (χ2n) is 13.9. The number of hydrogen-bond donors (Lipinski definition) is 2. The molecule has 2 saturated carbocycles. The van der Waals surface area contributed by atoms with Gasteiger partial charge in [0.25, 0.3) is 0 Å². The van der Waals surface area contributed by atoms with Gasteiger partial charge < -0.3 is 10.2 Å². The van der Waals surface area contributed by atoms with Crippen LogP contribution < -0.4 is 0 Å². The van der Waals surface area contributed by atoms with Crippen molar-refractivity contribution in [2.24, 2.45) is 10.8 Å². The molecule has 0 radical (unpaired) electrons. The highest BCUT2D eigenvalue weighted by Gasteiger charge is 2.20. The molecule has 2 aliphatic rings. The van der Waals surface area contributed by atoms with Crippen molar-refractivity contribution in [2.45, 2.75) is 130 Å². The zero-order valence-electron chi connectivity index (χ0n) is 24.0. The second kappa shape index (κ2) is 12.5. The summed E-state index contributed by atoms with van der Waals surface area (Å²) in [4.78, 5) is 0. The fourth-order valence-corrected chi connectivity index (χ4v) is 6.02. The van der Waals surface area contributed by atoms with Crippen molar-refractivity contribution >= 4 is 0 Å². The van der Waals surface area contributed by atoms with E-state index in [0.29, 0.717) is 11.5 Å². The molecule has 0 aliphatic heterocycles. The molecule has 4 rings (SSSR count). The Kier molecular flexibility index (Phi) is 9.95. The number of rotatable bonds is 4. The van der Waals surface area contributed by atoms with Crippen molar-refractivity contribution in [3.63, 3.8) is 0 Å². The summed E-state index contributed by atoms with van der Waals surface area (Å²) < 4.78 is 0. The van der Waals surface area contributed by atoms with E-state index >= 15 is 0 Å². The van der Waals surface area contributed by atoms with Gasteiger partial charge in [-0.05, 0) is 95.6 Å². The zero-order valence-corrected chi connectivity index (χ0v) is 24.0. The Hall–Kier alpha value is -1.96. The average molecular weight is 493 g/mol. The molecule has 200 valence electrons. The van der Waals surface area contributed by atoms with Gasteiger partial charge in [0.1, 0.15) is 11.5 Å². The summed E-state index contributed by atoms with van der Waals surface area (Å²) in [6, 6.07) is 12.5. The predicted octanol–water partition coefficient (Wildman–Crippen LogP) is 10.1. The van der Waals surface area contributed by atoms with Crippen LogP contribution in [0.1, 0.15) is 140 Å². The molecule has 2 N–H and O–H groups in total. The maximum atomic E-state index is 10.00. The monoisotopic (exact) mass is 492 g/mol. The molecule has 0 amide bonds. The molecule has 0 atom stereocenters. The van der Waals surface area contributed by atoms with Crippen LogP contribution in [-0.2, 0) is 12.8 Å². The lowest BCUT2D eigenvalue weighted by Crippen LogP contribution is -2.10. The van der Waals surface area contributed by atoms with Crippen LogP contribution >= 0.6 is 0 Å².